The Kier molecular flexibility index (Phi) is 5.58. The van der Waals surface area contributed by atoms with E-state index >= 15 is 0 Å². The Hall–Kier alpha value is -2.08. The number of halogens is 1. The maximum absolute atomic E-state index is 12.4. The van der Waals surface area contributed by atoms with Crippen LogP contribution in [0.4, 0.5) is 5.69 Å². The number of hydrogen-bond donors (Lipinski definition) is 2. The molecule has 6 heteroatoms. The molecule has 1 aromatic carbocycles. The van der Waals surface area contributed by atoms with Gasteiger partial charge in [-0.15, -0.1) is 0 Å². The maximum atomic E-state index is 12.4. The quantitative estimate of drug-likeness (QED) is 0.777. The van der Waals surface area contributed by atoms with Crippen molar-refractivity contribution in [3.05, 3.63) is 51.9 Å². The Labute approximate surface area is 155 Å². The van der Waals surface area contributed by atoms with Crippen LogP contribution in [-0.4, -0.2) is 17.9 Å². The summed E-state index contributed by atoms with van der Waals surface area (Å²) in [5.74, 6) is -0.302. The highest BCUT2D eigenvalue weighted by Gasteiger charge is 2.17. The molecule has 132 valence electrons. The van der Waals surface area contributed by atoms with Crippen LogP contribution in [0, 0.1) is 6.92 Å². The number of hydrogen-bond acceptors (Lipinski definition) is 3. The smallest absolute Gasteiger partial charge is 0.258 e. The molecule has 2 amide bonds. The summed E-state index contributed by atoms with van der Waals surface area (Å²) in [6.07, 6.45) is 7.12. The maximum Gasteiger partial charge on any atom is 0.258 e. The van der Waals surface area contributed by atoms with Gasteiger partial charge in [0.15, 0.2) is 4.67 Å². The minimum Gasteiger partial charge on any atom is -0.457 e. The first kappa shape index (κ1) is 17.7. The molecule has 2 aromatic rings. The van der Waals surface area contributed by atoms with Crippen molar-refractivity contribution in [2.24, 2.45) is 0 Å². The molecule has 1 aliphatic carbocycles. The number of anilines is 1. The van der Waals surface area contributed by atoms with Gasteiger partial charge >= 0.3 is 0 Å². The molecule has 0 bridgehead atoms. The molecule has 1 saturated carbocycles. The van der Waals surface area contributed by atoms with Crippen molar-refractivity contribution in [3.63, 3.8) is 0 Å². The molecule has 0 aliphatic heterocycles. The zero-order valence-electron chi connectivity index (χ0n) is 14.1. The van der Waals surface area contributed by atoms with Crippen LogP contribution in [0.25, 0.3) is 0 Å². The highest BCUT2D eigenvalue weighted by Crippen LogP contribution is 2.21. The van der Waals surface area contributed by atoms with E-state index in [-0.39, 0.29) is 17.9 Å². The lowest BCUT2D eigenvalue weighted by molar-refractivity contribution is 0.0927. The summed E-state index contributed by atoms with van der Waals surface area (Å²) in [5.41, 5.74) is 2.57. The predicted molar refractivity (Wildman–Crippen MR) is 99.9 cm³/mol. The SMILES string of the molecule is Cc1cc(C(=O)NC2CCCCC2)ccc1NC(=O)c1coc(Br)c1. The molecule has 1 heterocycles. The first-order valence-electron chi connectivity index (χ1n) is 8.50. The lowest BCUT2D eigenvalue weighted by Crippen LogP contribution is -2.36. The van der Waals surface area contributed by atoms with Gasteiger partial charge in [-0.3, -0.25) is 9.59 Å². The van der Waals surface area contributed by atoms with Crippen molar-refractivity contribution in [1.29, 1.82) is 0 Å². The zero-order valence-corrected chi connectivity index (χ0v) is 15.7. The molecule has 0 radical (unpaired) electrons. The molecule has 1 aromatic heterocycles. The van der Waals surface area contributed by atoms with Gasteiger partial charge in [0, 0.05) is 23.4 Å². The van der Waals surface area contributed by atoms with Gasteiger partial charge in [-0.25, -0.2) is 0 Å². The van der Waals surface area contributed by atoms with E-state index in [4.69, 9.17) is 4.42 Å². The summed E-state index contributed by atoms with van der Waals surface area (Å²) in [4.78, 5) is 24.6. The van der Waals surface area contributed by atoms with Crippen molar-refractivity contribution in [3.8, 4) is 0 Å². The summed E-state index contributed by atoms with van der Waals surface area (Å²) in [5, 5.41) is 5.94. The van der Waals surface area contributed by atoms with E-state index in [1.165, 1.54) is 25.5 Å². The Morgan fingerprint density at radius 3 is 2.48 bits per heavy atom. The van der Waals surface area contributed by atoms with Crippen molar-refractivity contribution in [2.45, 2.75) is 45.1 Å². The van der Waals surface area contributed by atoms with Gasteiger partial charge in [0.25, 0.3) is 11.8 Å². The number of furan rings is 1. The summed E-state index contributed by atoms with van der Waals surface area (Å²) >= 11 is 3.18. The fourth-order valence-corrected chi connectivity index (χ4v) is 3.42. The Morgan fingerprint density at radius 1 is 1.08 bits per heavy atom. The second-order valence-electron chi connectivity index (χ2n) is 6.43. The van der Waals surface area contributed by atoms with Crippen LogP contribution in [0.1, 0.15) is 58.4 Å². The highest BCUT2D eigenvalue weighted by atomic mass is 79.9. The molecule has 0 unspecified atom stereocenters. The lowest BCUT2D eigenvalue weighted by Gasteiger charge is -2.23. The van der Waals surface area contributed by atoms with Gasteiger partial charge in [-0.2, -0.15) is 0 Å². The van der Waals surface area contributed by atoms with Crippen LogP contribution < -0.4 is 10.6 Å². The zero-order chi connectivity index (χ0) is 17.8. The monoisotopic (exact) mass is 404 g/mol. The summed E-state index contributed by atoms with van der Waals surface area (Å²) in [6.45, 7) is 1.87. The third kappa shape index (κ3) is 4.51. The molecule has 1 fully saturated rings. The minimum atomic E-state index is -0.253. The number of benzene rings is 1. The van der Waals surface area contributed by atoms with Gasteiger partial charge in [-0.05, 0) is 59.5 Å². The number of rotatable bonds is 4. The molecule has 0 saturated heterocycles. The third-order valence-electron chi connectivity index (χ3n) is 4.51. The molecular weight excluding hydrogens is 384 g/mol. The predicted octanol–water partition coefficient (Wildman–Crippen LogP) is 4.67. The van der Waals surface area contributed by atoms with Gasteiger partial charge in [-0.1, -0.05) is 19.3 Å². The van der Waals surface area contributed by atoms with Crippen molar-refractivity contribution in [1.82, 2.24) is 5.32 Å². The largest absolute Gasteiger partial charge is 0.457 e. The van der Waals surface area contributed by atoms with Crippen molar-refractivity contribution < 1.29 is 14.0 Å². The fraction of sp³-hybridized carbons (Fsp3) is 0.368. The van der Waals surface area contributed by atoms with E-state index in [1.54, 1.807) is 24.3 Å². The summed E-state index contributed by atoms with van der Waals surface area (Å²) < 4.78 is 5.58. The topological polar surface area (TPSA) is 71.3 Å². The van der Waals surface area contributed by atoms with Crippen LogP contribution in [-0.2, 0) is 0 Å². The third-order valence-corrected chi connectivity index (χ3v) is 4.92. The first-order valence-corrected chi connectivity index (χ1v) is 9.29. The van der Waals surface area contributed by atoms with E-state index in [2.05, 4.69) is 26.6 Å². The number of carbonyl (C=O) groups is 2. The molecule has 1 aliphatic rings. The Bertz CT molecular complexity index is 779. The molecule has 0 spiro atoms. The lowest BCUT2D eigenvalue weighted by atomic mass is 9.95. The number of nitrogens with one attached hydrogen (secondary N) is 2. The van der Waals surface area contributed by atoms with E-state index in [0.717, 1.165) is 18.4 Å². The van der Waals surface area contributed by atoms with Gasteiger partial charge < -0.3 is 15.1 Å². The van der Waals surface area contributed by atoms with E-state index in [9.17, 15) is 9.59 Å². The van der Waals surface area contributed by atoms with Crippen molar-refractivity contribution >= 4 is 33.4 Å². The molecule has 5 nitrogen and oxygen atoms in total. The average molecular weight is 405 g/mol. The standard InChI is InChI=1S/C19H21BrN2O3/c1-12-9-13(18(23)21-15-5-3-2-4-6-15)7-8-16(12)22-19(24)14-10-17(20)25-11-14/h7-11,15H,2-6H2,1H3,(H,21,23)(H,22,24). The number of aryl methyl sites for hydroxylation is 1. The van der Waals surface area contributed by atoms with Crippen molar-refractivity contribution in [2.75, 3.05) is 5.32 Å². The summed E-state index contributed by atoms with van der Waals surface area (Å²) in [7, 11) is 0. The van der Waals surface area contributed by atoms with Gasteiger partial charge in [0.1, 0.15) is 6.26 Å². The van der Waals surface area contributed by atoms with Gasteiger partial charge in [0.2, 0.25) is 0 Å². The van der Waals surface area contributed by atoms with Crippen LogP contribution in [0.5, 0.6) is 0 Å². The second kappa shape index (κ2) is 7.87. The minimum absolute atomic E-state index is 0.0494. The number of amides is 2. The van der Waals surface area contributed by atoms with Crippen LogP contribution in [0.2, 0.25) is 0 Å². The van der Waals surface area contributed by atoms with E-state index in [1.807, 2.05) is 6.92 Å². The Morgan fingerprint density at radius 2 is 1.84 bits per heavy atom. The van der Waals surface area contributed by atoms with Gasteiger partial charge in [0.05, 0.1) is 5.56 Å². The molecule has 2 N–H and O–H groups in total. The molecule has 0 atom stereocenters. The first-order chi connectivity index (χ1) is 12.0. The average Bonchev–Trinajstić information content (AvgIpc) is 3.04. The molecule has 25 heavy (non-hydrogen) atoms. The van der Waals surface area contributed by atoms with Crippen LogP contribution in [0.3, 0.4) is 0 Å². The number of carbonyl (C=O) groups excluding carboxylic acids is 2. The molecular formula is C19H21BrN2O3. The fourth-order valence-electron chi connectivity index (χ4n) is 3.08. The molecule has 3 rings (SSSR count). The summed E-state index contributed by atoms with van der Waals surface area (Å²) in [6, 6.07) is 7.19. The van der Waals surface area contributed by atoms with E-state index in [0.29, 0.717) is 21.5 Å². The van der Waals surface area contributed by atoms with Crippen LogP contribution in [0.15, 0.2) is 39.6 Å². The highest BCUT2D eigenvalue weighted by molar-refractivity contribution is 9.10. The second-order valence-corrected chi connectivity index (χ2v) is 7.21. The van der Waals surface area contributed by atoms with Crippen LogP contribution >= 0.6 is 15.9 Å². The normalized spacial score (nSPS) is 15.0. The van der Waals surface area contributed by atoms with E-state index < -0.39 is 0 Å². The Balaban J connectivity index is 1.65.